The number of hydrogen-bond donors (Lipinski definition) is 1. The number of carbonyl (C=O) groups is 1. The van der Waals surface area contributed by atoms with Gasteiger partial charge >= 0.3 is 6.09 Å². The lowest BCUT2D eigenvalue weighted by molar-refractivity contribution is -0.384. The second-order valence-electron chi connectivity index (χ2n) is 6.82. The maximum atomic E-state index is 11.6. The standard InChI is InChI=1S/C19H22N4O4/c1-19(2,3)27-18(24)20-13-12-14-4-6-15(7-5-14)21-22-16-8-10-17(11-9-16)23(25)26/h4-11H,12-13H2,1-3H3,(H,20,24)/b22-21+. The Hall–Kier alpha value is -3.29. The van der Waals surface area contributed by atoms with Gasteiger partial charge in [-0.2, -0.15) is 10.2 Å². The Morgan fingerprint density at radius 1 is 1.04 bits per heavy atom. The van der Waals surface area contributed by atoms with Gasteiger partial charge in [0.2, 0.25) is 0 Å². The van der Waals surface area contributed by atoms with Crippen molar-refractivity contribution in [3.63, 3.8) is 0 Å². The fourth-order valence-corrected chi connectivity index (χ4v) is 2.11. The van der Waals surface area contributed by atoms with Gasteiger partial charge in [-0.1, -0.05) is 12.1 Å². The summed E-state index contributed by atoms with van der Waals surface area (Å²) in [7, 11) is 0. The molecule has 0 atom stereocenters. The smallest absolute Gasteiger partial charge is 0.407 e. The van der Waals surface area contributed by atoms with Gasteiger partial charge in [0.1, 0.15) is 5.60 Å². The van der Waals surface area contributed by atoms with Crippen LogP contribution < -0.4 is 5.32 Å². The first-order chi connectivity index (χ1) is 12.7. The molecule has 27 heavy (non-hydrogen) atoms. The van der Waals surface area contributed by atoms with Crippen molar-refractivity contribution in [1.29, 1.82) is 0 Å². The normalized spacial score (nSPS) is 11.4. The third-order valence-corrected chi connectivity index (χ3v) is 3.36. The molecule has 8 heteroatoms. The number of alkyl carbamates (subject to hydrolysis) is 1. The molecule has 0 heterocycles. The van der Waals surface area contributed by atoms with E-state index in [-0.39, 0.29) is 5.69 Å². The third-order valence-electron chi connectivity index (χ3n) is 3.36. The summed E-state index contributed by atoms with van der Waals surface area (Å²) in [6.45, 7) is 5.92. The lowest BCUT2D eigenvalue weighted by Crippen LogP contribution is -2.33. The number of azo groups is 1. The number of amides is 1. The van der Waals surface area contributed by atoms with E-state index in [1.807, 2.05) is 45.0 Å². The number of carbonyl (C=O) groups excluding carboxylic acids is 1. The van der Waals surface area contributed by atoms with E-state index in [0.717, 1.165) is 5.56 Å². The third kappa shape index (κ3) is 7.23. The van der Waals surface area contributed by atoms with E-state index in [9.17, 15) is 14.9 Å². The SMILES string of the molecule is CC(C)(C)OC(=O)NCCc1ccc(/N=N/c2ccc([N+](=O)[O-])cc2)cc1. The van der Waals surface area contributed by atoms with E-state index >= 15 is 0 Å². The summed E-state index contributed by atoms with van der Waals surface area (Å²) < 4.78 is 5.17. The van der Waals surface area contributed by atoms with Crippen LogP contribution in [0.3, 0.4) is 0 Å². The summed E-state index contributed by atoms with van der Waals surface area (Å²) in [6, 6.07) is 13.3. The number of non-ortho nitro benzene ring substituents is 1. The Morgan fingerprint density at radius 3 is 2.04 bits per heavy atom. The number of ether oxygens (including phenoxy) is 1. The minimum absolute atomic E-state index is 0.0123. The number of benzene rings is 2. The zero-order valence-corrected chi connectivity index (χ0v) is 15.5. The molecule has 8 nitrogen and oxygen atoms in total. The molecule has 0 spiro atoms. The molecule has 0 fully saturated rings. The zero-order chi connectivity index (χ0) is 19.9. The molecule has 0 bridgehead atoms. The van der Waals surface area contributed by atoms with Crippen molar-refractivity contribution in [2.24, 2.45) is 10.2 Å². The summed E-state index contributed by atoms with van der Waals surface area (Å²) in [5, 5.41) is 21.5. The minimum atomic E-state index is -0.513. The van der Waals surface area contributed by atoms with Crippen LogP contribution in [-0.2, 0) is 11.2 Å². The van der Waals surface area contributed by atoms with E-state index in [1.54, 1.807) is 12.1 Å². The van der Waals surface area contributed by atoms with Gasteiger partial charge in [-0.05, 0) is 57.0 Å². The topological polar surface area (TPSA) is 106 Å². The number of nitrogens with one attached hydrogen (secondary N) is 1. The lowest BCUT2D eigenvalue weighted by Gasteiger charge is -2.19. The van der Waals surface area contributed by atoms with E-state index in [1.165, 1.54) is 12.1 Å². The van der Waals surface area contributed by atoms with Crippen LogP contribution >= 0.6 is 0 Å². The number of hydrogen-bond acceptors (Lipinski definition) is 6. The molecular formula is C19H22N4O4. The van der Waals surface area contributed by atoms with Crippen LogP contribution in [0.1, 0.15) is 26.3 Å². The molecule has 0 aliphatic carbocycles. The van der Waals surface area contributed by atoms with Gasteiger partial charge in [-0.15, -0.1) is 0 Å². The fourth-order valence-electron chi connectivity index (χ4n) is 2.11. The Labute approximate surface area is 157 Å². The average Bonchev–Trinajstić information content (AvgIpc) is 2.60. The molecule has 0 aromatic heterocycles. The van der Waals surface area contributed by atoms with Crippen molar-refractivity contribution in [3.8, 4) is 0 Å². The molecule has 142 valence electrons. The molecule has 2 aromatic carbocycles. The molecule has 0 aliphatic rings. The second kappa shape index (κ2) is 8.88. The number of nitro groups is 1. The van der Waals surface area contributed by atoms with E-state index < -0.39 is 16.6 Å². The summed E-state index contributed by atoms with van der Waals surface area (Å²) in [4.78, 5) is 21.7. The van der Waals surface area contributed by atoms with Crippen molar-refractivity contribution in [2.45, 2.75) is 32.8 Å². The van der Waals surface area contributed by atoms with E-state index in [4.69, 9.17) is 4.74 Å². The molecule has 0 saturated heterocycles. The molecule has 0 saturated carbocycles. The van der Waals surface area contributed by atoms with E-state index in [2.05, 4.69) is 15.5 Å². The summed E-state index contributed by atoms with van der Waals surface area (Å²) >= 11 is 0. The van der Waals surface area contributed by atoms with Crippen molar-refractivity contribution in [3.05, 3.63) is 64.2 Å². The van der Waals surface area contributed by atoms with Crippen molar-refractivity contribution < 1.29 is 14.5 Å². The van der Waals surface area contributed by atoms with Gasteiger partial charge in [-0.25, -0.2) is 4.79 Å². The molecule has 1 amide bonds. The molecular weight excluding hydrogens is 348 g/mol. The monoisotopic (exact) mass is 370 g/mol. The van der Waals surface area contributed by atoms with Crippen LogP contribution in [0.15, 0.2) is 58.8 Å². The van der Waals surface area contributed by atoms with Gasteiger partial charge in [0.05, 0.1) is 16.3 Å². The van der Waals surface area contributed by atoms with Gasteiger partial charge in [0.15, 0.2) is 0 Å². The molecule has 2 rings (SSSR count). The van der Waals surface area contributed by atoms with Crippen LogP contribution in [-0.4, -0.2) is 23.2 Å². The van der Waals surface area contributed by atoms with E-state index in [0.29, 0.717) is 24.3 Å². The molecule has 0 aliphatic heterocycles. The number of rotatable bonds is 6. The highest BCUT2D eigenvalue weighted by Gasteiger charge is 2.15. The van der Waals surface area contributed by atoms with Crippen LogP contribution in [0.4, 0.5) is 21.9 Å². The quantitative estimate of drug-likeness (QED) is 0.435. The average molecular weight is 370 g/mol. The fraction of sp³-hybridized carbons (Fsp3) is 0.316. The second-order valence-corrected chi connectivity index (χ2v) is 6.82. The summed E-state index contributed by atoms with van der Waals surface area (Å²) in [5.74, 6) is 0. The van der Waals surface area contributed by atoms with Crippen LogP contribution in [0, 0.1) is 10.1 Å². The van der Waals surface area contributed by atoms with Gasteiger partial charge < -0.3 is 10.1 Å². The summed E-state index contributed by atoms with van der Waals surface area (Å²) in [5.41, 5.74) is 1.74. The molecule has 2 aromatic rings. The minimum Gasteiger partial charge on any atom is -0.444 e. The Balaban J connectivity index is 1.84. The van der Waals surface area contributed by atoms with Crippen molar-refractivity contribution in [1.82, 2.24) is 5.32 Å². The highest BCUT2D eigenvalue weighted by molar-refractivity contribution is 5.67. The van der Waals surface area contributed by atoms with Crippen LogP contribution in [0.25, 0.3) is 0 Å². The summed E-state index contributed by atoms with van der Waals surface area (Å²) in [6.07, 6.45) is 0.231. The number of nitrogens with zero attached hydrogens (tertiary/aromatic N) is 3. The Bertz CT molecular complexity index is 809. The van der Waals surface area contributed by atoms with Crippen LogP contribution in [0.5, 0.6) is 0 Å². The largest absolute Gasteiger partial charge is 0.444 e. The molecule has 0 radical (unpaired) electrons. The van der Waals surface area contributed by atoms with Gasteiger partial charge in [-0.3, -0.25) is 10.1 Å². The first-order valence-electron chi connectivity index (χ1n) is 8.45. The van der Waals surface area contributed by atoms with Gasteiger partial charge in [0.25, 0.3) is 5.69 Å². The Kier molecular flexibility index (Phi) is 6.59. The predicted octanol–water partition coefficient (Wildman–Crippen LogP) is 5.08. The zero-order valence-electron chi connectivity index (χ0n) is 15.5. The first-order valence-corrected chi connectivity index (χ1v) is 8.45. The molecule has 0 unspecified atom stereocenters. The maximum Gasteiger partial charge on any atom is 0.407 e. The van der Waals surface area contributed by atoms with Crippen molar-refractivity contribution in [2.75, 3.05) is 6.54 Å². The lowest BCUT2D eigenvalue weighted by atomic mass is 10.1. The number of nitro benzene ring substituents is 1. The highest BCUT2D eigenvalue weighted by atomic mass is 16.6. The maximum absolute atomic E-state index is 11.6. The molecule has 1 N–H and O–H groups in total. The van der Waals surface area contributed by atoms with Gasteiger partial charge in [0, 0.05) is 18.7 Å². The van der Waals surface area contributed by atoms with Crippen LogP contribution in [0.2, 0.25) is 0 Å². The Morgan fingerprint density at radius 2 is 1.56 bits per heavy atom. The first kappa shape index (κ1) is 20.0. The van der Waals surface area contributed by atoms with Crippen molar-refractivity contribution >= 4 is 23.2 Å². The highest BCUT2D eigenvalue weighted by Crippen LogP contribution is 2.21. The predicted molar refractivity (Wildman–Crippen MR) is 102 cm³/mol.